The summed E-state index contributed by atoms with van der Waals surface area (Å²) in [4.78, 5) is 26.6. The first-order chi connectivity index (χ1) is 9.65. The predicted octanol–water partition coefficient (Wildman–Crippen LogP) is 1.68. The zero-order chi connectivity index (χ0) is 14.4. The Balaban J connectivity index is 1.70. The number of thioether (sulfide) groups is 1. The Morgan fingerprint density at radius 1 is 1.50 bits per heavy atom. The molecule has 2 N–H and O–H groups in total. The number of carboxylic acids is 1. The van der Waals surface area contributed by atoms with E-state index in [1.165, 1.54) is 11.8 Å². The summed E-state index contributed by atoms with van der Waals surface area (Å²) in [5.74, 6) is 0.479. The van der Waals surface area contributed by atoms with Gasteiger partial charge in [0, 0.05) is 24.2 Å². The van der Waals surface area contributed by atoms with E-state index in [-0.39, 0.29) is 18.4 Å². The number of aromatic nitrogens is 1. The van der Waals surface area contributed by atoms with Gasteiger partial charge in [0.05, 0.1) is 12.2 Å². The Kier molecular flexibility index (Phi) is 5.40. The number of hydrogen-bond acceptors (Lipinski definition) is 4. The molecule has 1 aliphatic rings. The number of aliphatic carboxylic acids is 1. The first-order valence-corrected chi connectivity index (χ1v) is 7.78. The van der Waals surface area contributed by atoms with Crippen LogP contribution in [0, 0.1) is 5.92 Å². The molecule has 1 saturated carbocycles. The first kappa shape index (κ1) is 14.8. The summed E-state index contributed by atoms with van der Waals surface area (Å²) >= 11 is 1.51. The molecule has 1 amide bonds. The van der Waals surface area contributed by atoms with Crippen LogP contribution in [0.4, 0.5) is 0 Å². The second kappa shape index (κ2) is 7.28. The van der Waals surface area contributed by atoms with Gasteiger partial charge >= 0.3 is 5.97 Å². The van der Waals surface area contributed by atoms with E-state index in [2.05, 4.69) is 10.3 Å². The maximum Gasteiger partial charge on any atom is 0.305 e. The van der Waals surface area contributed by atoms with E-state index in [1.807, 2.05) is 12.1 Å². The summed E-state index contributed by atoms with van der Waals surface area (Å²) in [6, 6.07) is 3.63. The van der Waals surface area contributed by atoms with E-state index in [1.54, 1.807) is 12.4 Å². The lowest BCUT2D eigenvalue weighted by Gasteiger charge is -2.15. The molecule has 0 radical (unpaired) electrons. The van der Waals surface area contributed by atoms with Gasteiger partial charge in [0.2, 0.25) is 5.91 Å². The van der Waals surface area contributed by atoms with Gasteiger partial charge < -0.3 is 10.4 Å². The minimum absolute atomic E-state index is 0.0175. The topological polar surface area (TPSA) is 79.3 Å². The second-order valence-corrected chi connectivity index (χ2v) is 5.95. The number of amides is 1. The molecule has 0 spiro atoms. The first-order valence-electron chi connectivity index (χ1n) is 6.63. The molecular weight excluding hydrogens is 276 g/mol. The molecule has 1 heterocycles. The summed E-state index contributed by atoms with van der Waals surface area (Å²) in [6.07, 6.45) is 5.54. The maximum absolute atomic E-state index is 11.8. The third-order valence-corrected chi connectivity index (χ3v) is 4.16. The van der Waals surface area contributed by atoms with E-state index < -0.39 is 5.97 Å². The van der Waals surface area contributed by atoms with Crippen LogP contribution in [0.1, 0.15) is 24.8 Å². The standard InChI is InChI=1S/C14H18N2O3S/c17-13(9-20-8-10-2-1-5-15-7-10)16-12(6-14(18)19)11-3-4-11/h1-2,5,7,11-12H,3-4,6,8-9H2,(H,16,17)(H,18,19)/t12-/m0/s1. The Hall–Kier alpha value is -1.56. The van der Waals surface area contributed by atoms with Crippen LogP contribution in [0.3, 0.4) is 0 Å². The highest BCUT2D eigenvalue weighted by molar-refractivity contribution is 7.99. The molecule has 1 fully saturated rings. The lowest BCUT2D eigenvalue weighted by Crippen LogP contribution is -2.39. The fourth-order valence-electron chi connectivity index (χ4n) is 2.02. The molecule has 1 aromatic rings. The second-order valence-electron chi connectivity index (χ2n) is 4.96. The Morgan fingerprint density at radius 3 is 2.90 bits per heavy atom. The van der Waals surface area contributed by atoms with Crippen LogP contribution in [0.25, 0.3) is 0 Å². The highest BCUT2D eigenvalue weighted by atomic mass is 32.2. The molecule has 108 valence electrons. The molecule has 5 nitrogen and oxygen atoms in total. The third-order valence-electron chi connectivity index (χ3n) is 3.16. The van der Waals surface area contributed by atoms with Gasteiger partial charge in [-0.1, -0.05) is 6.07 Å². The molecule has 2 rings (SSSR count). The average molecular weight is 294 g/mol. The van der Waals surface area contributed by atoms with Crippen molar-refractivity contribution in [2.24, 2.45) is 5.92 Å². The number of nitrogens with zero attached hydrogens (tertiary/aromatic N) is 1. The lowest BCUT2D eigenvalue weighted by molar-refractivity contribution is -0.137. The highest BCUT2D eigenvalue weighted by Gasteiger charge is 2.33. The van der Waals surface area contributed by atoms with Crippen molar-refractivity contribution in [3.8, 4) is 0 Å². The number of carbonyl (C=O) groups is 2. The summed E-state index contributed by atoms with van der Waals surface area (Å²) < 4.78 is 0. The highest BCUT2D eigenvalue weighted by Crippen LogP contribution is 2.34. The molecule has 0 aliphatic heterocycles. The fraction of sp³-hybridized carbons (Fsp3) is 0.500. The van der Waals surface area contributed by atoms with E-state index in [9.17, 15) is 9.59 Å². The summed E-state index contributed by atoms with van der Waals surface area (Å²) in [5.41, 5.74) is 1.08. The van der Waals surface area contributed by atoms with Crippen molar-refractivity contribution in [1.29, 1.82) is 0 Å². The number of rotatable bonds is 8. The van der Waals surface area contributed by atoms with Crippen LogP contribution in [0.5, 0.6) is 0 Å². The number of carboxylic acid groups (broad SMARTS) is 1. The van der Waals surface area contributed by atoms with Crippen molar-refractivity contribution in [1.82, 2.24) is 10.3 Å². The SMILES string of the molecule is O=C(O)C[C@H](NC(=O)CSCc1cccnc1)C1CC1. The molecular formula is C14H18N2O3S. The monoisotopic (exact) mass is 294 g/mol. The predicted molar refractivity (Wildman–Crippen MR) is 77.3 cm³/mol. The minimum atomic E-state index is -0.856. The van der Waals surface area contributed by atoms with E-state index in [4.69, 9.17) is 5.11 Å². The summed E-state index contributed by atoms with van der Waals surface area (Å²) in [6.45, 7) is 0. The van der Waals surface area contributed by atoms with Gasteiger partial charge in [-0.05, 0) is 30.4 Å². The van der Waals surface area contributed by atoms with Crippen molar-refractivity contribution in [3.63, 3.8) is 0 Å². The third kappa shape index (κ3) is 5.21. The van der Waals surface area contributed by atoms with Crippen molar-refractivity contribution < 1.29 is 14.7 Å². The van der Waals surface area contributed by atoms with Crippen LogP contribution in [0.15, 0.2) is 24.5 Å². The molecule has 0 bridgehead atoms. The Bertz CT molecular complexity index is 463. The molecule has 1 aromatic heterocycles. The zero-order valence-electron chi connectivity index (χ0n) is 11.1. The normalized spacial score (nSPS) is 15.6. The molecule has 1 aliphatic carbocycles. The molecule has 0 unspecified atom stereocenters. The van der Waals surface area contributed by atoms with Crippen LogP contribution >= 0.6 is 11.8 Å². The zero-order valence-corrected chi connectivity index (χ0v) is 11.9. The smallest absolute Gasteiger partial charge is 0.305 e. The number of pyridine rings is 1. The maximum atomic E-state index is 11.8. The van der Waals surface area contributed by atoms with Crippen molar-refractivity contribution in [2.75, 3.05) is 5.75 Å². The molecule has 0 saturated heterocycles. The molecule has 0 aromatic carbocycles. The van der Waals surface area contributed by atoms with Crippen LogP contribution in [-0.4, -0.2) is 33.8 Å². The van der Waals surface area contributed by atoms with E-state index in [0.29, 0.717) is 11.7 Å². The van der Waals surface area contributed by atoms with Crippen molar-refractivity contribution in [3.05, 3.63) is 30.1 Å². The number of nitrogens with one attached hydrogen (secondary N) is 1. The van der Waals surface area contributed by atoms with Crippen molar-refractivity contribution >= 4 is 23.6 Å². The van der Waals surface area contributed by atoms with E-state index in [0.717, 1.165) is 24.2 Å². The van der Waals surface area contributed by atoms with Crippen molar-refractivity contribution in [2.45, 2.75) is 31.1 Å². The summed E-state index contributed by atoms with van der Waals surface area (Å²) in [5, 5.41) is 11.7. The Morgan fingerprint density at radius 2 is 2.30 bits per heavy atom. The average Bonchev–Trinajstić information content (AvgIpc) is 3.23. The van der Waals surface area contributed by atoms with Crippen LogP contribution in [-0.2, 0) is 15.3 Å². The van der Waals surface area contributed by atoms with Gasteiger partial charge in [0.15, 0.2) is 0 Å². The quantitative estimate of drug-likeness (QED) is 0.762. The van der Waals surface area contributed by atoms with Gasteiger partial charge in [-0.3, -0.25) is 14.6 Å². The van der Waals surface area contributed by atoms with Crippen LogP contribution in [0.2, 0.25) is 0 Å². The number of carbonyl (C=O) groups excluding carboxylic acids is 1. The van der Waals surface area contributed by atoms with Gasteiger partial charge in [-0.15, -0.1) is 11.8 Å². The van der Waals surface area contributed by atoms with Gasteiger partial charge in [0.25, 0.3) is 0 Å². The molecule has 6 heteroatoms. The van der Waals surface area contributed by atoms with E-state index >= 15 is 0 Å². The lowest BCUT2D eigenvalue weighted by atomic mass is 10.1. The largest absolute Gasteiger partial charge is 0.481 e. The van der Waals surface area contributed by atoms with Gasteiger partial charge in [-0.2, -0.15) is 0 Å². The summed E-state index contributed by atoms with van der Waals surface area (Å²) in [7, 11) is 0. The number of hydrogen-bond donors (Lipinski definition) is 2. The molecule has 1 atom stereocenters. The van der Waals surface area contributed by atoms with Gasteiger partial charge in [-0.25, -0.2) is 0 Å². The van der Waals surface area contributed by atoms with Gasteiger partial charge in [0.1, 0.15) is 0 Å². The Labute approximate surface area is 122 Å². The van der Waals surface area contributed by atoms with Crippen LogP contribution < -0.4 is 5.32 Å². The minimum Gasteiger partial charge on any atom is -0.481 e. The fourth-order valence-corrected chi connectivity index (χ4v) is 2.79. The molecule has 20 heavy (non-hydrogen) atoms.